The quantitative estimate of drug-likeness (QED) is 0.788. The molecule has 0 aliphatic carbocycles. The number of ketones is 1. The number of fused-ring (bicyclic) bond motifs is 1. The van der Waals surface area contributed by atoms with Gasteiger partial charge in [-0.2, -0.15) is 0 Å². The Hall–Kier alpha value is -1.68. The van der Waals surface area contributed by atoms with Crippen LogP contribution in [0.15, 0.2) is 28.7 Å². The number of carbonyl (C=O) groups excluding carboxylic acids is 1. The van der Waals surface area contributed by atoms with E-state index in [1.807, 2.05) is 0 Å². The molecule has 1 saturated heterocycles. The van der Waals surface area contributed by atoms with Gasteiger partial charge in [0.15, 0.2) is 11.5 Å². The van der Waals surface area contributed by atoms with E-state index in [2.05, 4.69) is 0 Å². The molecule has 0 N–H and O–H groups in total. The van der Waals surface area contributed by atoms with Crippen LogP contribution in [-0.2, 0) is 4.74 Å². The van der Waals surface area contributed by atoms with E-state index in [0.29, 0.717) is 23.2 Å². The number of carbonyl (C=O) groups is 1. The molecule has 0 spiro atoms. The van der Waals surface area contributed by atoms with Gasteiger partial charge in [-0.25, -0.2) is 4.39 Å². The van der Waals surface area contributed by atoms with E-state index in [1.165, 1.54) is 12.1 Å². The van der Waals surface area contributed by atoms with Crippen molar-refractivity contribution >= 4 is 16.8 Å². The minimum atomic E-state index is -0.327. The molecule has 0 amide bonds. The van der Waals surface area contributed by atoms with E-state index in [-0.39, 0.29) is 17.7 Å². The smallest absolute Gasteiger partial charge is 0.198 e. The second kappa shape index (κ2) is 5.13. The summed E-state index contributed by atoms with van der Waals surface area (Å²) in [6.45, 7) is 0.794. The van der Waals surface area contributed by atoms with Crippen molar-refractivity contribution in [2.24, 2.45) is 0 Å². The first kappa shape index (κ1) is 12.4. The van der Waals surface area contributed by atoms with Gasteiger partial charge in [-0.1, -0.05) is 0 Å². The average molecular weight is 262 g/mol. The number of ether oxygens (including phenoxy) is 1. The van der Waals surface area contributed by atoms with Crippen molar-refractivity contribution in [3.8, 4) is 0 Å². The first-order chi connectivity index (χ1) is 9.22. The normalized spacial score (nSPS) is 19.1. The van der Waals surface area contributed by atoms with Crippen molar-refractivity contribution < 1.29 is 18.3 Å². The minimum Gasteiger partial charge on any atom is -0.453 e. The van der Waals surface area contributed by atoms with E-state index >= 15 is 0 Å². The van der Waals surface area contributed by atoms with Crippen molar-refractivity contribution in [3.05, 3.63) is 35.8 Å². The highest BCUT2D eigenvalue weighted by Crippen LogP contribution is 2.23. The maximum absolute atomic E-state index is 13.1. The lowest BCUT2D eigenvalue weighted by molar-refractivity contribution is 0.0842. The number of hydrogen-bond donors (Lipinski definition) is 0. The van der Waals surface area contributed by atoms with Crippen LogP contribution in [0.3, 0.4) is 0 Å². The predicted octanol–water partition coefficient (Wildman–Crippen LogP) is 3.71. The second-order valence-electron chi connectivity index (χ2n) is 4.89. The molecule has 1 atom stereocenters. The van der Waals surface area contributed by atoms with Gasteiger partial charge < -0.3 is 9.15 Å². The first-order valence-corrected chi connectivity index (χ1v) is 6.56. The van der Waals surface area contributed by atoms with Crippen molar-refractivity contribution in [3.63, 3.8) is 0 Å². The van der Waals surface area contributed by atoms with Crippen molar-refractivity contribution in [1.29, 1.82) is 0 Å². The van der Waals surface area contributed by atoms with Crippen molar-refractivity contribution in [2.75, 3.05) is 6.61 Å². The number of rotatable bonds is 4. The third kappa shape index (κ3) is 2.68. The van der Waals surface area contributed by atoms with Gasteiger partial charge in [-0.3, -0.25) is 4.79 Å². The fraction of sp³-hybridized carbons (Fsp3) is 0.400. The van der Waals surface area contributed by atoms with E-state index in [0.717, 1.165) is 25.9 Å². The molecule has 1 fully saturated rings. The molecule has 1 aliphatic heterocycles. The molecule has 1 aromatic carbocycles. The first-order valence-electron chi connectivity index (χ1n) is 6.56. The Morgan fingerprint density at radius 1 is 1.37 bits per heavy atom. The van der Waals surface area contributed by atoms with Crippen LogP contribution in [0.2, 0.25) is 0 Å². The third-order valence-electron chi connectivity index (χ3n) is 3.47. The molecule has 100 valence electrons. The summed E-state index contributed by atoms with van der Waals surface area (Å²) in [6.07, 6.45) is 3.43. The number of Topliss-reactive ketones (excluding diaryl/α,β-unsaturated/α-hetero) is 1. The summed E-state index contributed by atoms with van der Waals surface area (Å²) in [7, 11) is 0. The molecule has 0 saturated carbocycles. The molecular weight excluding hydrogens is 247 g/mol. The maximum atomic E-state index is 13.1. The summed E-state index contributed by atoms with van der Waals surface area (Å²) in [4.78, 5) is 12.0. The molecule has 0 radical (unpaired) electrons. The van der Waals surface area contributed by atoms with Crippen LogP contribution >= 0.6 is 0 Å². The topological polar surface area (TPSA) is 39.4 Å². The highest BCUT2D eigenvalue weighted by Gasteiger charge is 2.19. The van der Waals surface area contributed by atoms with E-state index < -0.39 is 0 Å². The lowest BCUT2D eigenvalue weighted by atomic mass is 10.1. The highest BCUT2D eigenvalue weighted by atomic mass is 19.1. The number of hydrogen-bond acceptors (Lipinski definition) is 3. The Balaban J connectivity index is 1.70. The molecule has 2 heterocycles. The standard InChI is InChI=1S/C15H15FO3/c16-11-3-6-14-10(8-11)9-15(19-14)13(17)5-4-12-2-1-7-18-12/h3,6,8-9,12H,1-2,4-5,7H2. The number of furan rings is 1. The fourth-order valence-corrected chi connectivity index (χ4v) is 2.44. The predicted molar refractivity (Wildman–Crippen MR) is 68.7 cm³/mol. The molecule has 0 bridgehead atoms. The molecule has 1 aromatic heterocycles. The monoisotopic (exact) mass is 262 g/mol. The summed E-state index contributed by atoms with van der Waals surface area (Å²) < 4.78 is 24.0. The van der Waals surface area contributed by atoms with Gasteiger partial charge in [-0.05, 0) is 43.5 Å². The molecule has 3 nitrogen and oxygen atoms in total. The summed E-state index contributed by atoms with van der Waals surface area (Å²) in [5, 5.41) is 0.625. The van der Waals surface area contributed by atoms with Crippen molar-refractivity contribution in [2.45, 2.75) is 31.8 Å². The van der Waals surface area contributed by atoms with E-state index in [1.54, 1.807) is 12.1 Å². The zero-order valence-electron chi connectivity index (χ0n) is 10.5. The lowest BCUT2D eigenvalue weighted by Gasteiger charge is -2.06. The SMILES string of the molecule is O=C(CCC1CCCO1)c1cc2cc(F)ccc2o1. The van der Waals surface area contributed by atoms with Crippen LogP contribution in [0.25, 0.3) is 11.0 Å². The van der Waals surface area contributed by atoms with Gasteiger partial charge in [0, 0.05) is 18.4 Å². The zero-order valence-corrected chi connectivity index (χ0v) is 10.5. The summed E-state index contributed by atoms with van der Waals surface area (Å²) in [5.41, 5.74) is 0.543. The maximum Gasteiger partial charge on any atom is 0.198 e. The molecular formula is C15H15FO3. The van der Waals surface area contributed by atoms with E-state index in [9.17, 15) is 9.18 Å². The highest BCUT2D eigenvalue weighted by molar-refractivity contribution is 5.97. The van der Waals surface area contributed by atoms with Gasteiger partial charge in [0.1, 0.15) is 11.4 Å². The van der Waals surface area contributed by atoms with Gasteiger partial charge in [-0.15, -0.1) is 0 Å². The molecule has 4 heteroatoms. The molecule has 3 rings (SSSR count). The van der Waals surface area contributed by atoms with Gasteiger partial charge in [0.05, 0.1) is 6.10 Å². The largest absolute Gasteiger partial charge is 0.453 e. The Kier molecular flexibility index (Phi) is 3.34. The summed E-state index contributed by atoms with van der Waals surface area (Å²) in [6, 6.07) is 5.85. The zero-order chi connectivity index (χ0) is 13.2. The Labute approximate surface area is 110 Å². The van der Waals surface area contributed by atoms with Crippen LogP contribution in [-0.4, -0.2) is 18.5 Å². The van der Waals surface area contributed by atoms with Crippen LogP contribution in [0.1, 0.15) is 36.2 Å². The number of benzene rings is 1. The molecule has 19 heavy (non-hydrogen) atoms. The second-order valence-corrected chi connectivity index (χ2v) is 4.89. The minimum absolute atomic E-state index is 0.0490. The Morgan fingerprint density at radius 3 is 3.05 bits per heavy atom. The fourth-order valence-electron chi connectivity index (χ4n) is 2.44. The van der Waals surface area contributed by atoms with Crippen LogP contribution in [0, 0.1) is 5.82 Å². The Morgan fingerprint density at radius 2 is 2.26 bits per heavy atom. The van der Waals surface area contributed by atoms with Crippen LogP contribution in [0.4, 0.5) is 4.39 Å². The van der Waals surface area contributed by atoms with Crippen LogP contribution < -0.4 is 0 Å². The molecule has 1 aliphatic rings. The van der Waals surface area contributed by atoms with Gasteiger partial charge in [0.25, 0.3) is 0 Å². The van der Waals surface area contributed by atoms with Crippen molar-refractivity contribution in [1.82, 2.24) is 0 Å². The Bertz CT molecular complexity index is 596. The summed E-state index contributed by atoms with van der Waals surface area (Å²) >= 11 is 0. The van der Waals surface area contributed by atoms with Gasteiger partial charge in [0.2, 0.25) is 0 Å². The average Bonchev–Trinajstić information content (AvgIpc) is 3.04. The summed E-state index contributed by atoms with van der Waals surface area (Å²) in [5.74, 6) is -0.0719. The lowest BCUT2D eigenvalue weighted by Crippen LogP contribution is -2.08. The molecule has 2 aromatic rings. The van der Waals surface area contributed by atoms with Gasteiger partial charge >= 0.3 is 0 Å². The van der Waals surface area contributed by atoms with E-state index in [4.69, 9.17) is 9.15 Å². The third-order valence-corrected chi connectivity index (χ3v) is 3.47. The molecule has 1 unspecified atom stereocenters. The van der Waals surface area contributed by atoms with Crippen LogP contribution in [0.5, 0.6) is 0 Å². The number of halogens is 1.